The maximum Gasteiger partial charge on any atom is 0.127 e. The molecular formula is C12H17F. The average molecular weight is 180 g/mol. The number of rotatable bonds is 1. The van der Waals surface area contributed by atoms with Crippen LogP contribution in [0.5, 0.6) is 0 Å². The maximum absolute atomic E-state index is 13.5. The number of aryl methyl sites for hydroxylation is 1. The molecule has 0 heterocycles. The molecule has 0 amide bonds. The molecule has 1 rings (SSSR count). The minimum absolute atomic E-state index is 0.0770. The Balaban J connectivity index is 3.13. The van der Waals surface area contributed by atoms with Gasteiger partial charge in [0.1, 0.15) is 5.82 Å². The van der Waals surface area contributed by atoms with E-state index in [0.717, 1.165) is 17.5 Å². The predicted octanol–water partition coefficient (Wildman–Crippen LogP) is 3.69. The first-order valence-electron chi connectivity index (χ1n) is 4.74. The van der Waals surface area contributed by atoms with E-state index in [-0.39, 0.29) is 11.2 Å². The molecule has 0 saturated heterocycles. The minimum Gasteiger partial charge on any atom is -0.207 e. The molecule has 13 heavy (non-hydrogen) atoms. The smallest absolute Gasteiger partial charge is 0.127 e. The van der Waals surface area contributed by atoms with E-state index in [9.17, 15) is 4.39 Å². The van der Waals surface area contributed by atoms with Crippen molar-refractivity contribution in [2.24, 2.45) is 0 Å². The molecule has 0 spiro atoms. The van der Waals surface area contributed by atoms with Crippen molar-refractivity contribution in [1.29, 1.82) is 0 Å². The summed E-state index contributed by atoms with van der Waals surface area (Å²) in [4.78, 5) is 0. The molecule has 0 atom stereocenters. The van der Waals surface area contributed by atoms with E-state index in [1.165, 1.54) is 0 Å². The zero-order chi connectivity index (χ0) is 10.1. The van der Waals surface area contributed by atoms with Crippen molar-refractivity contribution < 1.29 is 4.39 Å². The highest BCUT2D eigenvalue weighted by molar-refractivity contribution is 5.29. The molecule has 0 nitrogen and oxygen atoms in total. The van der Waals surface area contributed by atoms with E-state index in [4.69, 9.17) is 0 Å². The third-order valence-electron chi connectivity index (χ3n) is 2.25. The van der Waals surface area contributed by atoms with Crippen LogP contribution in [0.1, 0.15) is 38.8 Å². The Hall–Kier alpha value is -0.850. The van der Waals surface area contributed by atoms with E-state index in [2.05, 4.69) is 0 Å². The first-order valence-corrected chi connectivity index (χ1v) is 4.74. The molecule has 0 bridgehead atoms. The van der Waals surface area contributed by atoms with Crippen LogP contribution >= 0.6 is 0 Å². The second-order valence-corrected chi connectivity index (χ2v) is 4.42. The van der Waals surface area contributed by atoms with Crippen LogP contribution in [0.4, 0.5) is 4.39 Å². The van der Waals surface area contributed by atoms with Gasteiger partial charge in [-0.2, -0.15) is 0 Å². The van der Waals surface area contributed by atoms with Crippen LogP contribution in [0.15, 0.2) is 18.2 Å². The molecular weight excluding hydrogens is 163 g/mol. The zero-order valence-corrected chi connectivity index (χ0v) is 8.82. The number of benzene rings is 1. The first-order chi connectivity index (χ1) is 5.95. The van der Waals surface area contributed by atoms with Gasteiger partial charge in [0, 0.05) is 0 Å². The van der Waals surface area contributed by atoms with Crippen molar-refractivity contribution in [2.75, 3.05) is 0 Å². The average Bonchev–Trinajstić information content (AvgIpc) is 2.01. The third kappa shape index (κ3) is 2.30. The molecule has 1 aromatic carbocycles. The SMILES string of the molecule is CCc1ccc(C(C)(C)C)c(F)c1. The van der Waals surface area contributed by atoms with E-state index < -0.39 is 0 Å². The Bertz CT molecular complexity index is 294. The Morgan fingerprint density at radius 3 is 2.23 bits per heavy atom. The largest absolute Gasteiger partial charge is 0.207 e. The third-order valence-corrected chi connectivity index (χ3v) is 2.25. The Labute approximate surface area is 79.8 Å². The van der Waals surface area contributed by atoms with E-state index in [0.29, 0.717) is 0 Å². The molecule has 0 aliphatic heterocycles. The minimum atomic E-state index is -0.101. The standard InChI is InChI=1S/C12H17F/c1-5-9-6-7-10(11(13)8-9)12(2,3)4/h6-8H,5H2,1-4H3. The molecule has 0 aliphatic carbocycles. The van der Waals surface area contributed by atoms with Crippen LogP contribution in [-0.2, 0) is 11.8 Å². The van der Waals surface area contributed by atoms with Crippen molar-refractivity contribution in [1.82, 2.24) is 0 Å². The van der Waals surface area contributed by atoms with Gasteiger partial charge in [-0.25, -0.2) is 4.39 Å². The summed E-state index contributed by atoms with van der Waals surface area (Å²) >= 11 is 0. The summed E-state index contributed by atoms with van der Waals surface area (Å²) in [5, 5.41) is 0. The molecule has 1 heteroatoms. The first kappa shape index (κ1) is 10.2. The zero-order valence-electron chi connectivity index (χ0n) is 8.82. The highest BCUT2D eigenvalue weighted by Gasteiger charge is 2.17. The van der Waals surface area contributed by atoms with Gasteiger partial charge in [0.05, 0.1) is 0 Å². The Kier molecular flexibility index (Phi) is 2.74. The highest BCUT2D eigenvalue weighted by atomic mass is 19.1. The quantitative estimate of drug-likeness (QED) is 0.618. The van der Waals surface area contributed by atoms with Gasteiger partial charge in [-0.15, -0.1) is 0 Å². The van der Waals surface area contributed by atoms with E-state index in [1.54, 1.807) is 6.07 Å². The molecule has 0 saturated carbocycles. The predicted molar refractivity (Wildman–Crippen MR) is 54.5 cm³/mol. The van der Waals surface area contributed by atoms with Crippen molar-refractivity contribution >= 4 is 0 Å². The Morgan fingerprint density at radius 1 is 1.23 bits per heavy atom. The van der Waals surface area contributed by atoms with Crippen LogP contribution < -0.4 is 0 Å². The van der Waals surface area contributed by atoms with Crippen LogP contribution in [0, 0.1) is 5.82 Å². The lowest BCUT2D eigenvalue weighted by molar-refractivity contribution is 0.522. The van der Waals surface area contributed by atoms with Crippen molar-refractivity contribution in [2.45, 2.75) is 39.5 Å². The van der Waals surface area contributed by atoms with Gasteiger partial charge in [-0.1, -0.05) is 39.8 Å². The lowest BCUT2D eigenvalue weighted by Crippen LogP contribution is -2.13. The molecule has 1 aromatic rings. The normalized spacial score (nSPS) is 11.8. The van der Waals surface area contributed by atoms with Crippen molar-refractivity contribution in [3.63, 3.8) is 0 Å². The van der Waals surface area contributed by atoms with Crippen LogP contribution in [-0.4, -0.2) is 0 Å². The molecule has 0 aliphatic rings. The summed E-state index contributed by atoms with van der Waals surface area (Å²) in [7, 11) is 0. The van der Waals surface area contributed by atoms with Crippen molar-refractivity contribution in [3.8, 4) is 0 Å². The summed E-state index contributed by atoms with van der Waals surface area (Å²) in [5.74, 6) is -0.0770. The monoisotopic (exact) mass is 180 g/mol. The van der Waals surface area contributed by atoms with Crippen LogP contribution in [0.3, 0.4) is 0 Å². The fraction of sp³-hybridized carbons (Fsp3) is 0.500. The molecule has 0 fully saturated rings. The van der Waals surface area contributed by atoms with Gasteiger partial charge in [0.15, 0.2) is 0 Å². The fourth-order valence-electron chi connectivity index (χ4n) is 1.39. The van der Waals surface area contributed by atoms with Crippen LogP contribution in [0.25, 0.3) is 0 Å². The fourth-order valence-corrected chi connectivity index (χ4v) is 1.39. The van der Waals surface area contributed by atoms with Gasteiger partial charge in [0.2, 0.25) is 0 Å². The van der Waals surface area contributed by atoms with Crippen molar-refractivity contribution in [3.05, 3.63) is 35.1 Å². The molecule has 0 unspecified atom stereocenters. The van der Waals surface area contributed by atoms with Gasteiger partial charge in [-0.3, -0.25) is 0 Å². The summed E-state index contributed by atoms with van der Waals surface area (Å²) in [6.07, 6.45) is 0.890. The number of hydrogen-bond donors (Lipinski definition) is 0. The lowest BCUT2D eigenvalue weighted by atomic mass is 9.86. The molecule has 0 aromatic heterocycles. The van der Waals surface area contributed by atoms with E-state index in [1.807, 2.05) is 39.8 Å². The van der Waals surface area contributed by atoms with Gasteiger partial charge >= 0.3 is 0 Å². The Morgan fingerprint density at radius 2 is 1.85 bits per heavy atom. The second kappa shape index (κ2) is 3.49. The maximum atomic E-state index is 13.5. The molecule has 72 valence electrons. The number of halogens is 1. The highest BCUT2D eigenvalue weighted by Crippen LogP contribution is 2.25. The summed E-state index contributed by atoms with van der Waals surface area (Å²) < 4.78 is 13.5. The second-order valence-electron chi connectivity index (χ2n) is 4.42. The van der Waals surface area contributed by atoms with E-state index >= 15 is 0 Å². The topological polar surface area (TPSA) is 0 Å². The number of hydrogen-bond acceptors (Lipinski definition) is 0. The van der Waals surface area contributed by atoms with Gasteiger partial charge in [-0.05, 0) is 29.0 Å². The summed E-state index contributed by atoms with van der Waals surface area (Å²) in [5.41, 5.74) is 1.76. The summed E-state index contributed by atoms with van der Waals surface area (Å²) in [6.45, 7) is 8.11. The van der Waals surface area contributed by atoms with Gasteiger partial charge < -0.3 is 0 Å². The summed E-state index contributed by atoms with van der Waals surface area (Å²) in [6, 6.07) is 5.54. The molecule has 0 radical (unpaired) electrons. The molecule has 0 N–H and O–H groups in total. The van der Waals surface area contributed by atoms with Crippen LogP contribution in [0.2, 0.25) is 0 Å². The lowest BCUT2D eigenvalue weighted by Gasteiger charge is -2.20. The van der Waals surface area contributed by atoms with Gasteiger partial charge in [0.25, 0.3) is 0 Å².